The minimum Gasteiger partial charge on any atom is -0.677 e. The van der Waals surface area contributed by atoms with Crippen molar-refractivity contribution in [2.45, 2.75) is 33.6 Å². The average Bonchev–Trinajstić information content (AvgIpc) is 1.90. The maximum atomic E-state index is 6.73. The van der Waals surface area contributed by atoms with Crippen molar-refractivity contribution >= 4 is 11.8 Å². The summed E-state index contributed by atoms with van der Waals surface area (Å²) in [4.78, 5) is 0. The Hall–Kier alpha value is 0.310. The molecule has 1 N–H and O–H groups in total. The smallest absolute Gasteiger partial charge is 0.00729 e. The summed E-state index contributed by atoms with van der Waals surface area (Å²) in [5, 5.41) is 0. The summed E-state index contributed by atoms with van der Waals surface area (Å²) in [7, 11) is 0. The van der Waals surface area contributed by atoms with Crippen LogP contribution in [0, 0.1) is 5.92 Å². The number of hydrogen-bond donors (Lipinski definition) is 0. The summed E-state index contributed by atoms with van der Waals surface area (Å²) in [6, 6.07) is 0. The zero-order chi connectivity index (χ0) is 9.11. The largest absolute Gasteiger partial charge is 0.677 e. The third kappa shape index (κ3) is 25.3. The van der Waals surface area contributed by atoms with Crippen LogP contribution in [0.4, 0.5) is 0 Å². The SMILES string of the molecule is CC(C)CC[NH-].CCCSC. The van der Waals surface area contributed by atoms with Gasteiger partial charge in [0.05, 0.1) is 0 Å². The van der Waals surface area contributed by atoms with Gasteiger partial charge in [-0.15, -0.1) is 0 Å². The van der Waals surface area contributed by atoms with Crippen molar-refractivity contribution in [3.63, 3.8) is 0 Å². The van der Waals surface area contributed by atoms with Crippen LogP contribution in [0.2, 0.25) is 0 Å². The highest BCUT2D eigenvalue weighted by Crippen LogP contribution is 1.96. The molecule has 2 heteroatoms. The molecular weight excluding hydrogens is 154 g/mol. The second-order valence-corrected chi connectivity index (χ2v) is 3.91. The summed E-state index contributed by atoms with van der Waals surface area (Å²) in [6.45, 7) is 7.04. The first-order valence-corrected chi connectivity index (χ1v) is 5.71. The minimum atomic E-state index is 0.581. The molecule has 0 aromatic heterocycles. The van der Waals surface area contributed by atoms with Gasteiger partial charge < -0.3 is 5.73 Å². The first-order valence-electron chi connectivity index (χ1n) is 4.32. The predicted molar refractivity (Wildman–Crippen MR) is 57.3 cm³/mol. The van der Waals surface area contributed by atoms with Gasteiger partial charge in [0.1, 0.15) is 0 Å². The molecule has 0 heterocycles. The summed E-state index contributed by atoms with van der Waals surface area (Å²) >= 11 is 1.90. The molecule has 1 nitrogen and oxygen atoms in total. The van der Waals surface area contributed by atoms with Crippen molar-refractivity contribution in [1.29, 1.82) is 0 Å². The number of hydrogen-bond acceptors (Lipinski definition) is 1. The maximum absolute atomic E-state index is 6.73. The van der Waals surface area contributed by atoms with E-state index in [1.165, 1.54) is 12.2 Å². The van der Waals surface area contributed by atoms with Gasteiger partial charge in [-0.2, -0.15) is 18.3 Å². The lowest BCUT2D eigenvalue weighted by Gasteiger charge is -2.02. The molecule has 0 aromatic rings. The lowest BCUT2D eigenvalue weighted by atomic mass is 10.1. The predicted octanol–water partition coefficient (Wildman–Crippen LogP) is 3.84. The molecule has 0 saturated heterocycles. The molecule has 0 fully saturated rings. The highest BCUT2D eigenvalue weighted by atomic mass is 32.2. The molecule has 0 aliphatic heterocycles. The molecular formula is C9H22NS-. The summed E-state index contributed by atoms with van der Waals surface area (Å²) in [5.74, 6) is 2.02. The van der Waals surface area contributed by atoms with Gasteiger partial charge in [-0.3, -0.25) is 0 Å². The normalized spacial score (nSPS) is 9.27. The van der Waals surface area contributed by atoms with E-state index in [1.807, 2.05) is 11.8 Å². The van der Waals surface area contributed by atoms with Crippen LogP contribution >= 0.6 is 11.8 Å². The van der Waals surface area contributed by atoms with E-state index in [0.717, 1.165) is 6.42 Å². The van der Waals surface area contributed by atoms with Crippen LogP contribution in [0.3, 0.4) is 0 Å². The van der Waals surface area contributed by atoms with E-state index in [1.54, 1.807) is 0 Å². The molecule has 0 spiro atoms. The Labute approximate surface area is 76.1 Å². The van der Waals surface area contributed by atoms with E-state index in [4.69, 9.17) is 5.73 Å². The molecule has 0 amide bonds. The van der Waals surface area contributed by atoms with Crippen LogP contribution < -0.4 is 0 Å². The molecule has 11 heavy (non-hydrogen) atoms. The summed E-state index contributed by atoms with van der Waals surface area (Å²) in [5.41, 5.74) is 6.73. The van der Waals surface area contributed by atoms with Crippen LogP contribution in [0.25, 0.3) is 5.73 Å². The minimum absolute atomic E-state index is 0.581. The fourth-order valence-corrected chi connectivity index (χ4v) is 0.901. The molecule has 0 aromatic carbocycles. The number of nitrogens with one attached hydrogen (secondary N) is 1. The highest BCUT2D eigenvalue weighted by molar-refractivity contribution is 7.98. The third-order valence-corrected chi connectivity index (χ3v) is 1.95. The van der Waals surface area contributed by atoms with Crippen LogP contribution in [0.1, 0.15) is 33.6 Å². The summed E-state index contributed by atoms with van der Waals surface area (Å²) < 4.78 is 0. The molecule has 70 valence electrons. The Balaban J connectivity index is 0. The van der Waals surface area contributed by atoms with Gasteiger partial charge in [-0.25, -0.2) is 0 Å². The van der Waals surface area contributed by atoms with E-state index < -0.39 is 0 Å². The number of rotatable bonds is 4. The molecule has 0 aliphatic carbocycles. The van der Waals surface area contributed by atoms with Gasteiger partial charge in [-0.1, -0.05) is 27.2 Å². The topological polar surface area (TPSA) is 23.8 Å². The fraction of sp³-hybridized carbons (Fsp3) is 1.00. The highest BCUT2D eigenvalue weighted by Gasteiger charge is 1.82. The standard InChI is InChI=1S/C5H12N.C4H10S/c1-5(2)3-4-6;1-3-4-5-2/h5-6H,3-4H2,1-2H3;3-4H2,1-2H3/q-1;. The fourth-order valence-electron chi connectivity index (χ4n) is 0.493. The monoisotopic (exact) mass is 176 g/mol. The second kappa shape index (κ2) is 12.9. The van der Waals surface area contributed by atoms with Crippen molar-refractivity contribution in [3.8, 4) is 0 Å². The van der Waals surface area contributed by atoms with Crippen molar-refractivity contribution < 1.29 is 0 Å². The van der Waals surface area contributed by atoms with E-state index in [-0.39, 0.29) is 0 Å². The van der Waals surface area contributed by atoms with Gasteiger partial charge in [0, 0.05) is 0 Å². The van der Waals surface area contributed by atoms with Gasteiger partial charge in [0.2, 0.25) is 0 Å². The Morgan fingerprint density at radius 1 is 1.36 bits per heavy atom. The van der Waals surface area contributed by atoms with Gasteiger partial charge in [0.25, 0.3) is 0 Å². The maximum Gasteiger partial charge on any atom is -0.00729 e. The van der Waals surface area contributed by atoms with Gasteiger partial charge in [0.15, 0.2) is 0 Å². The van der Waals surface area contributed by atoms with Crippen molar-refractivity contribution in [2.24, 2.45) is 5.92 Å². The molecule has 0 radical (unpaired) electrons. The molecule has 0 rings (SSSR count). The van der Waals surface area contributed by atoms with Gasteiger partial charge in [-0.05, 0) is 24.3 Å². The first kappa shape index (κ1) is 13.9. The zero-order valence-electron chi connectivity index (χ0n) is 8.31. The molecule has 0 atom stereocenters. The molecule has 0 bridgehead atoms. The van der Waals surface area contributed by atoms with Crippen molar-refractivity contribution in [2.75, 3.05) is 18.6 Å². The Morgan fingerprint density at radius 2 is 1.91 bits per heavy atom. The van der Waals surface area contributed by atoms with Crippen molar-refractivity contribution in [1.82, 2.24) is 0 Å². The van der Waals surface area contributed by atoms with Crippen LogP contribution in [0.15, 0.2) is 0 Å². The van der Waals surface area contributed by atoms with Crippen LogP contribution in [0.5, 0.6) is 0 Å². The Bertz CT molecular complexity index is 53.5. The van der Waals surface area contributed by atoms with E-state index in [9.17, 15) is 0 Å². The van der Waals surface area contributed by atoms with E-state index >= 15 is 0 Å². The quantitative estimate of drug-likeness (QED) is 0.638. The average molecular weight is 176 g/mol. The van der Waals surface area contributed by atoms with E-state index in [2.05, 4.69) is 27.0 Å². The van der Waals surface area contributed by atoms with Crippen LogP contribution in [-0.4, -0.2) is 18.6 Å². The summed E-state index contributed by atoms with van der Waals surface area (Å²) in [6.07, 6.45) is 4.48. The lowest BCUT2D eigenvalue weighted by Crippen LogP contribution is -1.86. The third-order valence-electron chi connectivity index (χ3n) is 1.13. The van der Waals surface area contributed by atoms with Gasteiger partial charge >= 0.3 is 0 Å². The molecule has 0 unspecified atom stereocenters. The molecule has 0 aliphatic rings. The lowest BCUT2D eigenvalue weighted by molar-refractivity contribution is 0.618. The molecule has 0 saturated carbocycles. The Kier molecular flexibility index (Phi) is 16.3. The van der Waals surface area contributed by atoms with Crippen LogP contribution in [-0.2, 0) is 0 Å². The Morgan fingerprint density at radius 3 is 1.91 bits per heavy atom. The first-order chi connectivity index (χ1) is 5.18. The second-order valence-electron chi connectivity index (χ2n) is 2.93. The van der Waals surface area contributed by atoms with E-state index in [0.29, 0.717) is 12.5 Å². The van der Waals surface area contributed by atoms with Crippen molar-refractivity contribution in [3.05, 3.63) is 5.73 Å². The number of thioether (sulfide) groups is 1. The zero-order valence-corrected chi connectivity index (χ0v) is 9.13.